The number of hydrogen-bond acceptors (Lipinski definition) is 4. The molecule has 1 unspecified atom stereocenters. The smallest absolute Gasteiger partial charge is 0.254 e. The fourth-order valence-electron chi connectivity index (χ4n) is 4.85. The Morgan fingerprint density at radius 2 is 1.71 bits per heavy atom. The zero-order valence-corrected chi connectivity index (χ0v) is 20.3. The average Bonchev–Trinajstić information content (AvgIpc) is 2.87. The Hall–Kier alpha value is -3.54. The van der Waals surface area contributed by atoms with Crippen molar-refractivity contribution in [2.45, 2.75) is 26.3 Å². The molecule has 34 heavy (non-hydrogen) atoms. The van der Waals surface area contributed by atoms with Gasteiger partial charge in [-0.05, 0) is 43.4 Å². The quantitative estimate of drug-likeness (QED) is 0.536. The van der Waals surface area contributed by atoms with Crippen molar-refractivity contribution in [2.24, 2.45) is 5.92 Å². The highest BCUT2D eigenvalue weighted by Gasteiger charge is 2.31. The van der Waals surface area contributed by atoms with E-state index in [0.717, 1.165) is 46.2 Å². The van der Waals surface area contributed by atoms with Gasteiger partial charge in [-0.1, -0.05) is 42.0 Å². The topological polar surface area (TPSA) is 59.1 Å². The van der Waals surface area contributed by atoms with E-state index < -0.39 is 0 Å². The Kier molecular flexibility index (Phi) is 7.06. The van der Waals surface area contributed by atoms with E-state index in [0.29, 0.717) is 25.2 Å². The molecule has 0 radical (unpaired) electrons. The number of hydrogen-bond donors (Lipinski definition) is 0. The first-order chi connectivity index (χ1) is 16.4. The van der Waals surface area contributed by atoms with Gasteiger partial charge >= 0.3 is 0 Å². The van der Waals surface area contributed by atoms with Crippen molar-refractivity contribution in [3.63, 3.8) is 0 Å². The Bertz CT molecular complexity index is 1210. The predicted octanol–water partition coefficient (Wildman–Crippen LogP) is 4.68. The molecule has 6 nitrogen and oxygen atoms in total. The molecule has 1 fully saturated rings. The maximum absolute atomic E-state index is 13.5. The zero-order chi connectivity index (χ0) is 24.2. The van der Waals surface area contributed by atoms with Gasteiger partial charge in [0.15, 0.2) is 0 Å². The molecule has 0 spiro atoms. The minimum atomic E-state index is -0.219. The van der Waals surface area contributed by atoms with Crippen LogP contribution < -0.4 is 9.47 Å². The molecule has 3 aromatic carbocycles. The average molecular weight is 461 g/mol. The van der Waals surface area contributed by atoms with Crippen LogP contribution in [0.5, 0.6) is 11.5 Å². The first kappa shape index (κ1) is 23.6. The molecular formula is C28H32N2O4. The number of carbonyl (C=O) groups is 2. The number of fused-ring (bicyclic) bond motifs is 1. The second-order valence-electron chi connectivity index (χ2n) is 8.96. The summed E-state index contributed by atoms with van der Waals surface area (Å²) >= 11 is 0. The van der Waals surface area contributed by atoms with Crippen LogP contribution in [0.15, 0.2) is 54.6 Å². The van der Waals surface area contributed by atoms with E-state index in [1.807, 2.05) is 73.5 Å². The highest BCUT2D eigenvalue weighted by molar-refractivity contribution is 6.08. The summed E-state index contributed by atoms with van der Waals surface area (Å²) < 4.78 is 10.9. The molecule has 6 heteroatoms. The summed E-state index contributed by atoms with van der Waals surface area (Å²) in [5.74, 6) is 1.31. The molecule has 4 rings (SSSR count). The number of rotatable bonds is 6. The predicted molar refractivity (Wildman–Crippen MR) is 133 cm³/mol. The van der Waals surface area contributed by atoms with Crippen LogP contribution in [0, 0.1) is 12.8 Å². The molecule has 1 atom stereocenters. The zero-order valence-electron chi connectivity index (χ0n) is 20.3. The number of amides is 2. The molecule has 0 aliphatic carbocycles. The van der Waals surface area contributed by atoms with Crippen molar-refractivity contribution in [3.05, 3.63) is 71.3 Å². The molecular weight excluding hydrogens is 428 g/mol. The molecule has 1 aliphatic heterocycles. The molecule has 0 bridgehead atoms. The van der Waals surface area contributed by atoms with Crippen LogP contribution in [0.3, 0.4) is 0 Å². The first-order valence-corrected chi connectivity index (χ1v) is 11.7. The summed E-state index contributed by atoms with van der Waals surface area (Å²) in [6.07, 6.45) is 1.58. The second-order valence-corrected chi connectivity index (χ2v) is 8.96. The van der Waals surface area contributed by atoms with Crippen molar-refractivity contribution in [1.82, 2.24) is 9.80 Å². The number of aryl methyl sites for hydroxylation is 1. The molecule has 1 aliphatic rings. The van der Waals surface area contributed by atoms with Crippen LogP contribution in [-0.4, -0.2) is 56.0 Å². The summed E-state index contributed by atoms with van der Waals surface area (Å²) in [5.41, 5.74) is 2.74. The van der Waals surface area contributed by atoms with Gasteiger partial charge in [-0.15, -0.1) is 0 Å². The van der Waals surface area contributed by atoms with Gasteiger partial charge in [0.2, 0.25) is 5.91 Å². The number of likely N-dealkylation sites (tertiary alicyclic amines) is 1. The van der Waals surface area contributed by atoms with Gasteiger partial charge in [0.05, 0.1) is 20.1 Å². The van der Waals surface area contributed by atoms with Crippen molar-refractivity contribution in [2.75, 3.05) is 34.4 Å². The van der Waals surface area contributed by atoms with Crippen molar-refractivity contribution in [1.29, 1.82) is 0 Å². The summed E-state index contributed by atoms with van der Waals surface area (Å²) in [6, 6.07) is 17.4. The lowest BCUT2D eigenvalue weighted by Gasteiger charge is -2.34. The fourth-order valence-corrected chi connectivity index (χ4v) is 4.85. The lowest BCUT2D eigenvalue weighted by atomic mass is 9.95. The Morgan fingerprint density at radius 1 is 1.00 bits per heavy atom. The third-order valence-electron chi connectivity index (χ3n) is 6.61. The standard InChI is InChI=1S/C28H32N2O4/c1-19-11-13-25(33-3)21(16-19)17-29(2)27(31)20-8-7-15-30(18-20)28(32)24-12-14-26(34-4)23-10-6-5-9-22(23)24/h5-6,9-14,16,20H,7-8,15,17-18H2,1-4H3. The van der Waals surface area contributed by atoms with Gasteiger partial charge in [-0.25, -0.2) is 0 Å². The van der Waals surface area contributed by atoms with Gasteiger partial charge in [-0.3, -0.25) is 9.59 Å². The van der Waals surface area contributed by atoms with E-state index in [4.69, 9.17) is 9.47 Å². The SMILES string of the molecule is COc1ccc(C)cc1CN(C)C(=O)C1CCCN(C(=O)c2ccc(OC)c3ccccc23)C1. The van der Waals surface area contributed by atoms with Gasteiger partial charge in [0.1, 0.15) is 11.5 Å². The van der Waals surface area contributed by atoms with Crippen LogP contribution >= 0.6 is 0 Å². The molecule has 0 aromatic heterocycles. The molecule has 178 valence electrons. The van der Waals surface area contributed by atoms with Crippen LogP contribution in [0.2, 0.25) is 0 Å². The fraction of sp³-hybridized carbons (Fsp3) is 0.357. The van der Waals surface area contributed by atoms with Crippen molar-refractivity contribution < 1.29 is 19.1 Å². The maximum Gasteiger partial charge on any atom is 0.254 e. The van der Waals surface area contributed by atoms with Crippen LogP contribution in [0.1, 0.15) is 34.3 Å². The van der Waals surface area contributed by atoms with Gasteiger partial charge < -0.3 is 19.3 Å². The number of piperidine rings is 1. The maximum atomic E-state index is 13.5. The first-order valence-electron chi connectivity index (χ1n) is 11.7. The minimum Gasteiger partial charge on any atom is -0.496 e. The Balaban J connectivity index is 1.50. The molecule has 2 amide bonds. The lowest BCUT2D eigenvalue weighted by Crippen LogP contribution is -2.45. The number of ether oxygens (including phenoxy) is 2. The molecule has 1 saturated heterocycles. The normalized spacial score (nSPS) is 15.8. The lowest BCUT2D eigenvalue weighted by molar-refractivity contribution is -0.136. The molecule has 3 aromatic rings. The van der Waals surface area contributed by atoms with Crippen LogP contribution in [0.4, 0.5) is 0 Å². The molecule has 0 saturated carbocycles. The highest BCUT2D eigenvalue weighted by atomic mass is 16.5. The third kappa shape index (κ3) is 4.72. The minimum absolute atomic E-state index is 0.0423. The Morgan fingerprint density at radius 3 is 2.44 bits per heavy atom. The number of carbonyl (C=O) groups excluding carboxylic acids is 2. The number of nitrogens with zero attached hydrogens (tertiary/aromatic N) is 2. The summed E-state index contributed by atoms with van der Waals surface area (Å²) in [6.45, 7) is 3.57. The van der Waals surface area contributed by atoms with E-state index in [1.54, 1.807) is 19.1 Å². The van der Waals surface area contributed by atoms with Crippen molar-refractivity contribution >= 4 is 22.6 Å². The van der Waals surface area contributed by atoms with E-state index in [2.05, 4.69) is 0 Å². The van der Waals surface area contributed by atoms with E-state index in [9.17, 15) is 9.59 Å². The van der Waals surface area contributed by atoms with Gasteiger partial charge in [0.25, 0.3) is 5.91 Å². The van der Waals surface area contributed by atoms with E-state index in [1.165, 1.54) is 0 Å². The van der Waals surface area contributed by atoms with Crippen LogP contribution in [0.25, 0.3) is 10.8 Å². The molecule has 0 N–H and O–H groups in total. The highest BCUT2D eigenvalue weighted by Crippen LogP contribution is 2.30. The third-order valence-corrected chi connectivity index (χ3v) is 6.61. The summed E-state index contributed by atoms with van der Waals surface area (Å²) in [4.78, 5) is 30.4. The van der Waals surface area contributed by atoms with Crippen LogP contribution in [-0.2, 0) is 11.3 Å². The van der Waals surface area contributed by atoms with E-state index in [-0.39, 0.29) is 17.7 Å². The van der Waals surface area contributed by atoms with Gasteiger partial charge in [-0.2, -0.15) is 0 Å². The van der Waals surface area contributed by atoms with Crippen molar-refractivity contribution in [3.8, 4) is 11.5 Å². The molecule has 1 heterocycles. The summed E-state index contributed by atoms with van der Waals surface area (Å²) in [7, 11) is 5.10. The second kappa shape index (κ2) is 10.2. The van der Waals surface area contributed by atoms with E-state index >= 15 is 0 Å². The Labute approximate surface area is 201 Å². The van der Waals surface area contributed by atoms with Gasteiger partial charge in [0, 0.05) is 43.2 Å². The monoisotopic (exact) mass is 460 g/mol. The largest absolute Gasteiger partial charge is 0.496 e. The number of methoxy groups -OCH3 is 2. The number of benzene rings is 3. The summed E-state index contributed by atoms with van der Waals surface area (Å²) in [5, 5.41) is 1.77.